The molecule has 0 amide bonds. The lowest BCUT2D eigenvalue weighted by Crippen LogP contribution is -2.51. The summed E-state index contributed by atoms with van der Waals surface area (Å²) in [6.45, 7) is 8.60. The Balaban J connectivity index is 1.45. The molecule has 5 rings (SSSR count). The molecule has 2 aromatic rings. The molecule has 162 valence electrons. The third-order valence-corrected chi connectivity index (χ3v) is 7.86. The lowest BCUT2D eigenvalue weighted by molar-refractivity contribution is -0.158. The maximum absolute atomic E-state index is 13.1. The van der Waals surface area contributed by atoms with Crippen LogP contribution in [0.25, 0.3) is 10.9 Å². The quantitative estimate of drug-likeness (QED) is 0.631. The van der Waals surface area contributed by atoms with Crippen LogP contribution in [0.15, 0.2) is 24.4 Å². The molecule has 1 saturated carbocycles. The Morgan fingerprint density at radius 2 is 2.00 bits per heavy atom. The van der Waals surface area contributed by atoms with E-state index in [0.717, 1.165) is 38.8 Å². The number of nitrogens with zero attached hydrogens (tertiary/aromatic N) is 2. The highest BCUT2D eigenvalue weighted by Crippen LogP contribution is 2.46. The molecule has 2 aliphatic carbocycles. The largest absolute Gasteiger partial charge is 0.462 e. The molecule has 0 spiro atoms. The minimum atomic E-state index is -0.00267. The van der Waals surface area contributed by atoms with Crippen molar-refractivity contribution in [3.05, 3.63) is 35.5 Å². The van der Waals surface area contributed by atoms with Gasteiger partial charge in [-0.3, -0.25) is 9.69 Å². The average molecular weight is 409 g/mol. The van der Waals surface area contributed by atoms with Gasteiger partial charge < -0.3 is 9.30 Å². The highest BCUT2D eigenvalue weighted by atomic mass is 16.5. The number of hydrogen-bond donors (Lipinski definition) is 0. The zero-order valence-corrected chi connectivity index (χ0v) is 18.8. The van der Waals surface area contributed by atoms with Gasteiger partial charge in [-0.1, -0.05) is 25.5 Å². The number of likely N-dealkylation sites (N-methyl/N-ethyl adjacent to an activating group) is 1. The normalized spacial score (nSPS) is 27.4. The minimum absolute atomic E-state index is 0.00267. The van der Waals surface area contributed by atoms with E-state index in [1.54, 1.807) is 0 Å². The first-order valence-electron chi connectivity index (χ1n) is 12.1. The van der Waals surface area contributed by atoms with Crippen molar-refractivity contribution in [3.8, 4) is 0 Å². The number of carbonyl (C=O) groups is 1. The number of fused-ring (bicyclic) bond motifs is 2. The molecule has 1 saturated heterocycles. The Morgan fingerprint density at radius 1 is 1.20 bits per heavy atom. The summed E-state index contributed by atoms with van der Waals surface area (Å²) < 4.78 is 8.44. The van der Waals surface area contributed by atoms with Crippen molar-refractivity contribution >= 4 is 16.9 Å². The van der Waals surface area contributed by atoms with Crippen LogP contribution in [0.1, 0.15) is 82.4 Å². The molecular formula is C26H36N2O2. The van der Waals surface area contributed by atoms with Gasteiger partial charge in [-0.25, -0.2) is 0 Å². The maximum atomic E-state index is 13.1. The number of aromatic nitrogens is 1. The second-order valence-corrected chi connectivity index (χ2v) is 9.99. The third-order valence-electron chi connectivity index (χ3n) is 7.86. The number of piperidine rings is 1. The summed E-state index contributed by atoms with van der Waals surface area (Å²) in [7, 11) is 0. The molecule has 2 fully saturated rings. The van der Waals surface area contributed by atoms with Crippen LogP contribution >= 0.6 is 0 Å². The Labute approximate surface area is 180 Å². The zero-order valence-electron chi connectivity index (χ0n) is 18.8. The van der Waals surface area contributed by atoms with E-state index >= 15 is 0 Å². The van der Waals surface area contributed by atoms with Crippen molar-refractivity contribution in [2.75, 3.05) is 13.1 Å². The van der Waals surface area contributed by atoms with Crippen LogP contribution < -0.4 is 0 Å². The second kappa shape index (κ2) is 8.03. The molecule has 0 bridgehead atoms. The van der Waals surface area contributed by atoms with Gasteiger partial charge in [0.2, 0.25) is 0 Å². The summed E-state index contributed by atoms with van der Waals surface area (Å²) >= 11 is 0. The maximum Gasteiger partial charge on any atom is 0.310 e. The number of hydrogen-bond acceptors (Lipinski definition) is 3. The smallest absolute Gasteiger partial charge is 0.310 e. The van der Waals surface area contributed by atoms with Gasteiger partial charge in [0.05, 0.1) is 5.92 Å². The molecule has 4 nitrogen and oxygen atoms in total. The fourth-order valence-electron chi connectivity index (χ4n) is 6.34. The number of carbonyl (C=O) groups excluding carboxylic acids is 1. The van der Waals surface area contributed by atoms with E-state index in [1.165, 1.54) is 41.3 Å². The Bertz CT molecular complexity index is 925. The second-order valence-electron chi connectivity index (χ2n) is 9.99. The summed E-state index contributed by atoms with van der Waals surface area (Å²) in [5.41, 5.74) is 4.29. The molecule has 3 atom stereocenters. The van der Waals surface area contributed by atoms with Crippen LogP contribution in [0, 0.1) is 5.92 Å². The number of likely N-dealkylation sites (tertiary alicyclic amines) is 1. The summed E-state index contributed by atoms with van der Waals surface area (Å²) in [6, 6.07) is 7.74. The van der Waals surface area contributed by atoms with Gasteiger partial charge in [0, 0.05) is 41.6 Å². The Morgan fingerprint density at radius 3 is 2.73 bits per heavy atom. The Kier molecular flexibility index (Phi) is 5.38. The number of rotatable bonds is 4. The molecule has 0 radical (unpaired) electrons. The predicted molar refractivity (Wildman–Crippen MR) is 121 cm³/mol. The van der Waals surface area contributed by atoms with E-state index in [-0.39, 0.29) is 18.0 Å². The monoisotopic (exact) mass is 408 g/mol. The summed E-state index contributed by atoms with van der Waals surface area (Å²) in [4.78, 5) is 15.7. The molecule has 1 aromatic heterocycles. The van der Waals surface area contributed by atoms with Crippen molar-refractivity contribution in [1.29, 1.82) is 0 Å². The third kappa shape index (κ3) is 3.37. The van der Waals surface area contributed by atoms with Crippen molar-refractivity contribution in [2.45, 2.75) is 89.8 Å². The molecule has 1 aromatic carbocycles. The zero-order chi connectivity index (χ0) is 20.8. The molecule has 2 heterocycles. The van der Waals surface area contributed by atoms with Gasteiger partial charge in [0.25, 0.3) is 0 Å². The minimum Gasteiger partial charge on any atom is -0.462 e. The first kappa shape index (κ1) is 20.1. The molecule has 0 N–H and O–H groups in total. The van der Waals surface area contributed by atoms with Gasteiger partial charge in [0.1, 0.15) is 6.10 Å². The lowest BCUT2D eigenvalue weighted by Gasteiger charge is -2.46. The van der Waals surface area contributed by atoms with Gasteiger partial charge >= 0.3 is 5.97 Å². The lowest BCUT2D eigenvalue weighted by atomic mass is 9.72. The van der Waals surface area contributed by atoms with E-state index in [4.69, 9.17) is 4.74 Å². The first-order chi connectivity index (χ1) is 14.6. The van der Waals surface area contributed by atoms with E-state index in [2.05, 4.69) is 54.6 Å². The SMILES string of the molecule is CCN1C[C@H](C(=O)OC2CCCCC2)C[C@@H]2c3cccc4c3c(cn4C(C)C)C[C@H]21. The number of esters is 1. The predicted octanol–water partition coefficient (Wildman–Crippen LogP) is 5.45. The Hall–Kier alpha value is -1.81. The highest BCUT2D eigenvalue weighted by Gasteiger charge is 2.43. The van der Waals surface area contributed by atoms with Crippen LogP contribution in [0.3, 0.4) is 0 Å². The van der Waals surface area contributed by atoms with Gasteiger partial charge in [-0.2, -0.15) is 0 Å². The summed E-state index contributed by atoms with van der Waals surface area (Å²) in [5, 5.41) is 1.45. The fourth-order valence-corrected chi connectivity index (χ4v) is 6.34. The van der Waals surface area contributed by atoms with Crippen LogP contribution in [-0.4, -0.2) is 40.7 Å². The van der Waals surface area contributed by atoms with Crippen molar-refractivity contribution in [1.82, 2.24) is 9.47 Å². The summed E-state index contributed by atoms with van der Waals surface area (Å²) in [6.07, 6.45) is 10.3. The molecule has 4 heteroatoms. The van der Waals surface area contributed by atoms with E-state index in [9.17, 15) is 4.79 Å². The van der Waals surface area contributed by atoms with E-state index in [1.807, 2.05) is 0 Å². The van der Waals surface area contributed by atoms with E-state index in [0.29, 0.717) is 18.0 Å². The van der Waals surface area contributed by atoms with Gasteiger partial charge in [0.15, 0.2) is 0 Å². The standard InChI is InChI=1S/C26H36N2O2/c1-4-27-15-19(26(29)30-20-9-6-5-7-10-20)13-22-21-11-8-12-23-25(21)18(14-24(22)27)16-28(23)17(2)3/h8,11-12,16-17,19-20,22,24H,4-7,9-10,13-15H2,1-3H3/t19-,22-,24-/m1/s1. The fraction of sp³-hybridized carbons (Fsp3) is 0.654. The molecule has 1 aliphatic heterocycles. The topological polar surface area (TPSA) is 34.5 Å². The summed E-state index contributed by atoms with van der Waals surface area (Å²) in [5.74, 6) is 0.468. The van der Waals surface area contributed by atoms with Gasteiger partial charge in [-0.05, 0) is 76.1 Å². The molecule has 0 unspecified atom stereocenters. The number of ether oxygens (including phenoxy) is 1. The number of benzene rings is 1. The van der Waals surface area contributed by atoms with Gasteiger partial charge in [-0.15, -0.1) is 0 Å². The highest BCUT2D eigenvalue weighted by molar-refractivity contribution is 5.89. The van der Waals surface area contributed by atoms with Crippen molar-refractivity contribution in [3.63, 3.8) is 0 Å². The van der Waals surface area contributed by atoms with Crippen LogP contribution in [0.5, 0.6) is 0 Å². The molecule has 3 aliphatic rings. The molecular weight excluding hydrogens is 372 g/mol. The van der Waals surface area contributed by atoms with Crippen molar-refractivity contribution in [2.24, 2.45) is 5.92 Å². The first-order valence-corrected chi connectivity index (χ1v) is 12.1. The average Bonchev–Trinajstić information content (AvgIpc) is 3.14. The molecule has 30 heavy (non-hydrogen) atoms. The van der Waals surface area contributed by atoms with Crippen molar-refractivity contribution < 1.29 is 9.53 Å². The van der Waals surface area contributed by atoms with Crippen LogP contribution in [0.2, 0.25) is 0 Å². The van der Waals surface area contributed by atoms with Crippen LogP contribution in [-0.2, 0) is 16.0 Å². The van der Waals surface area contributed by atoms with E-state index < -0.39 is 0 Å². The van der Waals surface area contributed by atoms with Crippen LogP contribution in [0.4, 0.5) is 0 Å².